The molecule has 0 aliphatic carbocycles. The van der Waals surface area contributed by atoms with Crippen molar-refractivity contribution in [2.75, 3.05) is 23.8 Å². The molecule has 0 unspecified atom stereocenters. The second kappa shape index (κ2) is 6.61. The Morgan fingerprint density at radius 1 is 1.22 bits per heavy atom. The number of anilines is 2. The zero-order chi connectivity index (χ0) is 12.6. The fourth-order valence-electron chi connectivity index (χ4n) is 1.44. The average Bonchev–Trinajstić information content (AvgIpc) is 2.90. The average molecular weight is 248 g/mol. The largest absolute Gasteiger partial charge is 0.467 e. The number of aliphatic hydroxyl groups excluding tert-OH is 1. The molecule has 0 radical (unpaired) electrons. The van der Waals surface area contributed by atoms with Crippen molar-refractivity contribution in [1.29, 1.82) is 0 Å². The van der Waals surface area contributed by atoms with Gasteiger partial charge in [-0.05, 0) is 18.6 Å². The van der Waals surface area contributed by atoms with E-state index in [4.69, 9.17) is 9.52 Å². The van der Waals surface area contributed by atoms with Gasteiger partial charge in [-0.1, -0.05) is 0 Å². The van der Waals surface area contributed by atoms with E-state index in [1.165, 1.54) is 6.33 Å². The Bertz CT molecular complexity index is 459. The molecule has 96 valence electrons. The summed E-state index contributed by atoms with van der Waals surface area (Å²) in [5.74, 6) is 2.32. The van der Waals surface area contributed by atoms with Crippen molar-refractivity contribution in [2.45, 2.75) is 13.0 Å². The van der Waals surface area contributed by atoms with E-state index < -0.39 is 0 Å². The molecule has 2 heterocycles. The standard InChI is InChI=1S/C12H16N4O2/c17-5-2-4-13-11-7-12(16-9-15-11)14-8-10-3-1-6-18-10/h1,3,6-7,9,17H,2,4-5,8H2,(H2,13,14,15,16). The molecular formula is C12H16N4O2. The zero-order valence-electron chi connectivity index (χ0n) is 9.97. The molecule has 0 saturated heterocycles. The maximum atomic E-state index is 8.69. The highest BCUT2D eigenvalue weighted by molar-refractivity contribution is 5.46. The van der Waals surface area contributed by atoms with E-state index in [9.17, 15) is 0 Å². The van der Waals surface area contributed by atoms with Gasteiger partial charge in [-0.3, -0.25) is 0 Å². The molecule has 0 saturated carbocycles. The van der Waals surface area contributed by atoms with Crippen LogP contribution in [0.25, 0.3) is 0 Å². The Balaban J connectivity index is 1.86. The van der Waals surface area contributed by atoms with Gasteiger partial charge in [0.15, 0.2) is 0 Å². The van der Waals surface area contributed by atoms with Crippen LogP contribution in [0.15, 0.2) is 35.2 Å². The summed E-state index contributed by atoms with van der Waals surface area (Å²) in [4.78, 5) is 8.20. The van der Waals surface area contributed by atoms with Gasteiger partial charge in [0, 0.05) is 19.2 Å². The molecule has 0 aliphatic rings. The Hall–Kier alpha value is -2.08. The highest BCUT2D eigenvalue weighted by atomic mass is 16.3. The summed E-state index contributed by atoms with van der Waals surface area (Å²) in [6.07, 6.45) is 3.82. The molecule has 0 aliphatic heterocycles. The van der Waals surface area contributed by atoms with Gasteiger partial charge in [-0.15, -0.1) is 0 Å². The maximum absolute atomic E-state index is 8.69. The predicted octanol–water partition coefficient (Wildman–Crippen LogP) is 1.48. The Labute approximate surface area is 105 Å². The van der Waals surface area contributed by atoms with E-state index in [1.807, 2.05) is 18.2 Å². The molecule has 6 heteroatoms. The Morgan fingerprint density at radius 2 is 2.06 bits per heavy atom. The van der Waals surface area contributed by atoms with Gasteiger partial charge in [-0.2, -0.15) is 0 Å². The van der Waals surface area contributed by atoms with Crippen LogP contribution in [0.4, 0.5) is 11.6 Å². The monoisotopic (exact) mass is 248 g/mol. The van der Waals surface area contributed by atoms with Gasteiger partial charge >= 0.3 is 0 Å². The zero-order valence-corrected chi connectivity index (χ0v) is 9.97. The third kappa shape index (κ3) is 3.74. The van der Waals surface area contributed by atoms with Gasteiger partial charge < -0.3 is 20.2 Å². The molecule has 3 N–H and O–H groups in total. The van der Waals surface area contributed by atoms with Gasteiger partial charge in [0.05, 0.1) is 12.8 Å². The third-order valence-corrected chi connectivity index (χ3v) is 2.33. The molecule has 0 aromatic carbocycles. The van der Waals surface area contributed by atoms with Crippen LogP contribution in [0, 0.1) is 0 Å². The van der Waals surface area contributed by atoms with E-state index in [1.54, 1.807) is 6.26 Å². The van der Waals surface area contributed by atoms with E-state index >= 15 is 0 Å². The maximum Gasteiger partial charge on any atom is 0.131 e. The summed E-state index contributed by atoms with van der Waals surface area (Å²) in [5.41, 5.74) is 0. The molecule has 2 aromatic rings. The van der Waals surface area contributed by atoms with Gasteiger partial charge in [0.25, 0.3) is 0 Å². The lowest BCUT2D eigenvalue weighted by Gasteiger charge is -2.07. The van der Waals surface area contributed by atoms with E-state index in [-0.39, 0.29) is 6.61 Å². The first-order valence-electron chi connectivity index (χ1n) is 5.81. The van der Waals surface area contributed by atoms with Crippen LogP contribution < -0.4 is 10.6 Å². The van der Waals surface area contributed by atoms with Crippen molar-refractivity contribution in [3.63, 3.8) is 0 Å². The van der Waals surface area contributed by atoms with Crippen molar-refractivity contribution < 1.29 is 9.52 Å². The van der Waals surface area contributed by atoms with Crippen molar-refractivity contribution in [3.05, 3.63) is 36.5 Å². The molecule has 0 fully saturated rings. The predicted molar refractivity (Wildman–Crippen MR) is 68.3 cm³/mol. The first kappa shape index (κ1) is 12.4. The lowest BCUT2D eigenvalue weighted by molar-refractivity contribution is 0.292. The smallest absolute Gasteiger partial charge is 0.131 e. The molecule has 0 amide bonds. The second-order valence-corrected chi connectivity index (χ2v) is 3.73. The van der Waals surface area contributed by atoms with Crippen molar-refractivity contribution >= 4 is 11.6 Å². The quantitative estimate of drug-likeness (QED) is 0.644. The SMILES string of the molecule is OCCCNc1cc(NCc2ccco2)ncn1. The number of hydrogen-bond donors (Lipinski definition) is 3. The Kier molecular flexibility index (Phi) is 4.54. The van der Waals surface area contributed by atoms with Crippen LogP contribution in [-0.2, 0) is 6.54 Å². The molecule has 0 atom stereocenters. The fraction of sp³-hybridized carbons (Fsp3) is 0.333. The van der Waals surface area contributed by atoms with Crippen LogP contribution in [0.3, 0.4) is 0 Å². The summed E-state index contributed by atoms with van der Waals surface area (Å²) in [6, 6.07) is 5.56. The summed E-state index contributed by atoms with van der Waals surface area (Å²) >= 11 is 0. The van der Waals surface area contributed by atoms with E-state index in [0.717, 1.165) is 17.4 Å². The van der Waals surface area contributed by atoms with Gasteiger partial charge in [0.1, 0.15) is 23.7 Å². The number of aromatic nitrogens is 2. The van der Waals surface area contributed by atoms with Gasteiger partial charge in [-0.25, -0.2) is 9.97 Å². The molecule has 0 bridgehead atoms. The van der Waals surface area contributed by atoms with Crippen molar-refractivity contribution in [2.24, 2.45) is 0 Å². The third-order valence-electron chi connectivity index (χ3n) is 2.33. The minimum atomic E-state index is 0.168. The molecule has 6 nitrogen and oxygen atoms in total. The molecule has 2 aromatic heterocycles. The van der Waals surface area contributed by atoms with Crippen LogP contribution in [-0.4, -0.2) is 28.2 Å². The number of hydrogen-bond acceptors (Lipinski definition) is 6. The minimum absolute atomic E-state index is 0.168. The number of nitrogens with zero attached hydrogens (tertiary/aromatic N) is 2. The molecule has 2 rings (SSSR count). The number of rotatable bonds is 7. The number of aliphatic hydroxyl groups is 1. The fourth-order valence-corrected chi connectivity index (χ4v) is 1.44. The number of furan rings is 1. The number of nitrogens with one attached hydrogen (secondary N) is 2. The second-order valence-electron chi connectivity index (χ2n) is 3.73. The lowest BCUT2D eigenvalue weighted by atomic mass is 10.4. The highest BCUT2D eigenvalue weighted by Gasteiger charge is 1.99. The van der Waals surface area contributed by atoms with Crippen LogP contribution >= 0.6 is 0 Å². The van der Waals surface area contributed by atoms with E-state index in [2.05, 4.69) is 20.6 Å². The summed E-state index contributed by atoms with van der Waals surface area (Å²) in [5, 5.41) is 14.9. The normalized spacial score (nSPS) is 10.3. The van der Waals surface area contributed by atoms with Crippen LogP contribution in [0.1, 0.15) is 12.2 Å². The lowest BCUT2D eigenvalue weighted by Crippen LogP contribution is -2.07. The minimum Gasteiger partial charge on any atom is -0.467 e. The molecule has 18 heavy (non-hydrogen) atoms. The molecule has 0 spiro atoms. The Morgan fingerprint density at radius 3 is 2.78 bits per heavy atom. The van der Waals surface area contributed by atoms with Gasteiger partial charge in [0.2, 0.25) is 0 Å². The first-order chi connectivity index (χ1) is 8.88. The highest BCUT2D eigenvalue weighted by Crippen LogP contribution is 2.10. The van der Waals surface area contributed by atoms with E-state index in [0.29, 0.717) is 19.5 Å². The first-order valence-corrected chi connectivity index (χ1v) is 5.81. The van der Waals surface area contributed by atoms with Crippen molar-refractivity contribution in [3.8, 4) is 0 Å². The van der Waals surface area contributed by atoms with Crippen LogP contribution in [0.5, 0.6) is 0 Å². The topological polar surface area (TPSA) is 83.2 Å². The summed E-state index contributed by atoms with van der Waals surface area (Å²) < 4.78 is 5.22. The molecular weight excluding hydrogens is 232 g/mol. The summed E-state index contributed by atoms with van der Waals surface area (Å²) in [7, 11) is 0. The van der Waals surface area contributed by atoms with Crippen LogP contribution in [0.2, 0.25) is 0 Å². The summed E-state index contributed by atoms with van der Waals surface area (Å²) in [6.45, 7) is 1.44. The van der Waals surface area contributed by atoms with Crippen molar-refractivity contribution in [1.82, 2.24) is 9.97 Å².